The molecule has 2 N–H and O–H groups in total. The summed E-state index contributed by atoms with van der Waals surface area (Å²) in [6.45, 7) is 3.58. The molecule has 1 unspecified atom stereocenters. The zero-order chi connectivity index (χ0) is 14.3. The number of rotatable bonds is 8. The summed E-state index contributed by atoms with van der Waals surface area (Å²) in [5, 5.41) is 16.8. The molecule has 0 saturated heterocycles. The highest BCUT2D eigenvalue weighted by molar-refractivity contribution is 5.20. The van der Waals surface area contributed by atoms with Gasteiger partial charge in [-0.2, -0.15) is 0 Å². The Hall–Kier alpha value is -1.14. The van der Waals surface area contributed by atoms with Crippen LogP contribution in [0.1, 0.15) is 6.92 Å². The topological polar surface area (TPSA) is 68.2 Å². The van der Waals surface area contributed by atoms with Gasteiger partial charge in [0.15, 0.2) is 0 Å². The second kappa shape index (κ2) is 13.3. The van der Waals surface area contributed by atoms with Crippen molar-refractivity contribution in [2.75, 3.05) is 40.1 Å². The Kier molecular flexibility index (Phi) is 12.5. The maximum Gasteiger partial charge on any atom is 0.119 e. The highest BCUT2D eigenvalue weighted by Gasteiger charge is 1.90. The lowest BCUT2D eigenvalue weighted by atomic mass is 10.3. The van der Waals surface area contributed by atoms with Gasteiger partial charge in [-0.3, -0.25) is 0 Å². The Morgan fingerprint density at radius 3 is 2.26 bits per heavy atom. The van der Waals surface area contributed by atoms with Gasteiger partial charge in [-0.1, -0.05) is 18.2 Å². The summed E-state index contributed by atoms with van der Waals surface area (Å²) >= 11 is 0. The van der Waals surface area contributed by atoms with Crippen molar-refractivity contribution in [3.05, 3.63) is 30.3 Å². The molecule has 5 heteroatoms. The Balaban J connectivity index is 0.000000459. The van der Waals surface area contributed by atoms with Crippen molar-refractivity contribution in [3.63, 3.8) is 0 Å². The maximum atomic E-state index is 8.43. The molecule has 0 aliphatic rings. The molecule has 0 aliphatic heterocycles. The predicted octanol–water partition coefficient (Wildman–Crippen LogP) is 1.09. The molecular formula is C14H24O5. The van der Waals surface area contributed by atoms with Crippen molar-refractivity contribution < 1.29 is 24.4 Å². The molecule has 110 valence electrons. The van der Waals surface area contributed by atoms with Crippen LogP contribution in [0.4, 0.5) is 0 Å². The van der Waals surface area contributed by atoms with Crippen molar-refractivity contribution >= 4 is 0 Å². The summed E-state index contributed by atoms with van der Waals surface area (Å²) in [4.78, 5) is 0. The third-order valence-electron chi connectivity index (χ3n) is 1.88. The Morgan fingerprint density at radius 2 is 1.79 bits per heavy atom. The maximum absolute atomic E-state index is 8.43. The van der Waals surface area contributed by atoms with Gasteiger partial charge in [0.1, 0.15) is 12.4 Å². The summed E-state index contributed by atoms with van der Waals surface area (Å²) < 4.78 is 14.9. The van der Waals surface area contributed by atoms with E-state index in [1.807, 2.05) is 30.3 Å². The second-order valence-corrected chi connectivity index (χ2v) is 3.80. The number of aliphatic hydroxyl groups excluding tert-OH is 2. The number of aliphatic hydroxyl groups is 2. The number of ether oxygens (including phenoxy) is 3. The monoisotopic (exact) mass is 272 g/mol. The largest absolute Gasteiger partial charge is 0.491 e. The van der Waals surface area contributed by atoms with Crippen LogP contribution in [0.15, 0.2) is 30.3 Å². The van der Waals surface area contributed by atoms with E-state index in [1.54, 1.807) is 14.0 Å². The third kappa shape index (κ3) is 13.1. The van der Waals surface area contributed by atoms with Crippen LogP contribution < -0.4 is 4.74 Å². The molecule has 5 nitrogen and oxygen atoms in total. The van der Waals surface area contributed by atoms with Gasteiger partial charge in [0.05, 0.1) is 32.5 Å². The van der Waals surface area contributed by atoms with Crippen LogP contribution in [0.25, 0.3) is 0 Å². The van der Waals surface area contributed by atoms with Crippen LogP contribution in [-0.4, -0.2) is 56.5 Å². The molecular weight excluding hydrogens is 248 g/mol. The molecule has 19 heavy (non-hydrogen) atoms. The minimum Gasteiger partial charge on any atom is -0.491 e. The van der Waals surface area contributed by atoms with Gasteiger partial charge in [0.2, 0.25) is 0 Å². The van der Waals surface area contributed by atoms with E-state index in [0.717, 1.165) is 5.75 Å². The van der Waals surface area contributed by atoms with Crippen molar-refractivity contribution in [1.82, 2.24) is 0 Å². The lowest BCUT2D eigenvalue weighted by Crippen LogP contribution is -2.08. The first-order chi connectivity index (χ1) is 9.20. The average Bonchev–Trinajstić information content (AvgIpc) is 2.40. The SMILES string of the molecule is COCC(C)O.OCCOCCOc1ccccc1. The van der Waals surface area contributed by atoms with Crippen LogP contribution in [0.5, 0.6) is 5.75 Å². The summed E-state index contributed by atoms with van der Waals surface area (Å²) in [5.74, 6) is 0.843. The third-order valence-corrected chi connectivity index (χ3v) is 1.88. The average molecular weight is 272 g/mol. The van der Waals surface area contributed by atoms with Gasteiger partial charge in [-0.15, -0.1) is 0 Å². The summed E-state index contributed by atoms with van der Waals surface area (Å²) in [7, 11) is 1.56. The second-order valence-electron chi connectivity index (χ2n) is 3.80. The lowest BCUT2D eigenvalue weighted by molar-refractivity contribution is 0.0705. The number of hydrogen-bond donors (Lipinski definition) is 2. The van der Waals surface area contributed by atoms with Gasteiger partial charge in [0, 0.05) is 7.11 Å². The molecule has 1 rings (SSSR count). The van der Waals surface area contributed by atoms with Crippen LogP contribution in [0.2, 0.25) is 0 Å². The first-order valence-corrected chi connectivity index (χ1v) is 6.24. The molecule has 0 radical (unpaired) electrons. The van der Waals surface area contributed by atoms with E-state index < -0.39 is 0 Å². The van der Waals surface area contributed by atoms with Gasteiger partial charge < -0.3 is 24.4 Å². The fraction of sp³-hybridized carbons (Fsp3) is 0.571. The van der Waals surface area contributed by atoms with Crippen molar-refractivity contribution in [2.45, 2.75) is 13.0 Å². The summed E-state index contributed by atoms with van der Waals surface area (Å²) in [6.07, 6.45) is -0.324. The van der Waals surface area contributed by atoms with Crippen molar-refractivity contribution in [1.29, 1.82) is 0 Å². The van der Waals surface area contributed by atoms with Crippen molar-refractivity contribution in [3.8, 4) is 5.75 Å². The molecule has 1 aromatic carbocycles. The molecule has 0 aliphatic carbocycles. The molecule has 1 atom stereocenters. The van der Waals surface area contributed by atoms with E-state index in [2.05, 4.69) is 4.74 Å². The van der Waals surface area contributed by atoms with Crippen molar-refractivity contribution in [2.24, 2.45) is 0 Å². The Morgan fingerprint density at radius 1 is 1.11 bits per heavy atom. The first-order valence-electron chi connectivity index (χ1n) is 6.24. The molecule has 0 heterocycles. The zero-order valence-corrected chi connectivity index (χ0v) is 11.6. The molecule has 0 fully saturated rings. The molecule has 0 saturated carbocycles. The van der Waals surface area contributed by atoms with E-state index in [4.69, 9.17) is 19.7 Å². The Labute approximate surface area is 114 Å². The normalized spacial score (nSPS) is 11.4. The lowest BCUT2D eigenvalue weighted by Gasteiger charge is -2.05. The highest BCUT2D eigenvalue weighted by Crippen LogP contribution is 2.07. The van der Waals surface area contributed by atoms with E-state index in [1.165, 1.54) is 0 Å². The first kappa shape index (κ1) is 17.9. The number of para-hydroxylation sites is 1. The fourth-order valence-electron chi connectivity index (χ4n) is 1.14. The highest BCUT2D eigenvalue weighted by atomic mass is 16.5. The predicted molar refractivity (Wildman–Crippen MR) is 73.4 cm³/mol. The number of benzene rings is 1. The van der Waals surface area contributed by atoms with Crippen LogP contribution in [-0.2, 0) is 9.47 Å². The van der Waals surface area contributed by atoms with Crippen LogP contribution in [0, 0.1) is 0 Å². The summed E-state index contributed by atoms with van der Waals surface area (Å²) in [5.41, 5.74) is 0. The number of hydrogen-bond acceptors (Lipinski definition) is 5. The minimum atomic E-state index is -0.324. The number of methoxy groups -OCH3 is 1. The van der Waals surface area contributed by atoms with E-state index in [9.17, 15) is 0 Å². The van der Waals surface area contributed by atoms with Gasteiger partial charge in [0.25, 0.3) is 0 Å². The Bertz CT molecular complexity index is 276. The van der Waals surface area contributed by atoms with E-state index >= 15 is 0 Å². The van der Waals surface area contributed by atoms with Gasteiger partial charge in [-0.05, 0) is 19.1 Å². The minimum absolute atomic E-state index is 0.0609. The molecule has 1 aromatic rings. The van der Waals surface area contributed by atoms with E-state index in [0.29, 0.717) is 26.4 Å². The van der Waals surface area contributed by atoms with Crippen LogP contribution in [0.3, 0.4) is 0 Å². The van der Waals surface area contributed by atoms with E-state index in [-0.39, 0.29) is 12.7 Å². The molecule has 0 bridgehead atoms. The smallest absolute Gasteiger partial charge is 0.119 e. The molecule has 0 spiro atoms. The standard InChI is InChI=1S/C10H14O3.C4H10O2/c11-6-7-12-8-9-13-10-4-2-1-3-5-10;1-4(5)3-6-2/h1-5,11H,6-9H2;4-5H,3H2,1-2H3. The van der Waals surface area contributed by atoms with Gasteiger partial charge >= 0.3 is 0 Å². The summed E-state index contributed by atoms with van der Waals surface area (Å²) in [6, 6.07) is 9.57. The van der Waals surface area contributed by atoms with Crippen LogP contribution >= 0.6 is 0 Å². The molecule has 0 amide bonds. The zero-order valence-electron chi connectivity index (χ0n) is 11.6. The molecule has 0 aromatic heterocycles. The fourth-order valence-corrected chi connectivity index (χ4v) is 1.14. The van der Waals surface area contributed by atoms with Gasteiger partial charge in [-0.25, -0.2) is 0 Å². The quantitative estimate of drug-likeness (QED) is 0.693.